The molecule has 0 fully saturated rings. The molecule has 0 bridgehead atoms. The van der Waals surface area contributed by atoms with Crippen LogP contribution in [0.2, 0.25) is 0 Å². The van der Waals surface area contributed by atoms with Gasteiger partial charge >= 0.3 is 0 Å². The molecule has 0 radical (unpaired) electrons. The maximum atomic E-state index is 11.4. The van der Waals surface area contributed by atoms with E-state index in [0.717, 1.165) is 45.1 Å². The van der Waals surface area contributed by atoms with Crippen molar-refractivity contribution < 1.29 is 4.79 Å². The summed E-state index contributed by atoms with van der Waals surface area (Å²) in [5, 5.41) is 0. The fourth-order valence-electron chi connectivity index (χ4n) is 2.89. The van der Waals surface area contributed by atoms with Crippen molar-refractivity contribution in [3.63, 3.8) is 0 Å². The number of amides is 1. The molecule has 1 heterocycles. The van der Waals surface area contributed by atoms with Crippen LogP contribution < -0.4 is 5.73 Å². The van der Waals surface area contributed by atoms with Crippen LogP contribution in [0.25, 0.3) is 0 Å². The average Bonchev–Trinajstić information content (AvgIpc) is 2.43. The first kappa shape index (κ1) is 17.2. The van der Waals surface area contributed by atoms with Crippen LogP contribution in [0.4, 0.5) is 0 Å². The molecule has 0 aromatic rings. The third kappa shape index (κ3) is 9.11. The highest BCUT2D eigenvalue weighted by molar-refractivity contribution is 5.76. The average molecular weight is 280 g/mol. The molecule has 1 atom stereocenters. The van der Waals surface area contributed by atoms with Crippen LogP contribution in [0, 0.1) is 5.92 Å². The highest BCUT2D eigenvalue weighted by atomic mass is 16.1. The molecule has 1 amide bonds. The van der Waals surface area contributed by atoms with Gasteiger partial charge in [0.25, 0.3) is 0 Å². The Morgan fingerprint density at radius 2 is 1.40 bits per heavy atom. The summed E-state index contributed by atoms with van der Waals surface area (Å²) >= 11 is 0. The van der Waals surface area contributed by atoms with Crippen molar-refractivity contribution in [2.24, 2.45) is 16.6 Å². The molecule has 2 N–H and O–H groups in total. The first-order valence-electron chi connectivity index (χ1n) is 8.58. The predicted molar refractivity (Wildman–Crippen MR) is 86.1 cm³/mol. The Kier molecular flexibility index (Phi) is 10.3. The number of primary amides is 1. The van der Waals surface area contributed by atoms with Crippen molar-refractivity contribution in [2.45, 2.75) is 83.5 Å². The third-order valence-corrected chi connectivity index (χ3v) is 4.26. The lowest BCUT2D eigenvalue weighted by molar-refractivity contribution is -0.122. The lowest BCUT2D eigenvalue weighted by atomic mass is 9.94. The zero-order chi connectivity index (χ0) is 14.5. The van der Waals surface area contributed by atoms with E-state index in [1.807, 2.05) is 0 Å². The lowest BCUT2D eigenvalue weighted by Gasteiger charge is -2.12. The molecular formula is C17H32N2O. The molecule has 116 valence electrons. The van der Waals surface area contributed by atoms with Crippen LogP contribution in [0.15, 0.2) is 4.99 Å². The van der Waals surface area contributed by atoms with Crippen molar-refractivity contribution in [1.29, 1.82) is 0 Å². The van der Waals surface area contributed by atoms with Crippen molar-refractivity contribution >= 4 is 12.1 Å². The molecule has 3 nitrogen and oxygen atoms in total. The minimum Gasteiger partial charge on any atom is -0.369 e. The molecule has 1 aliphatic heterocycles. The van der Waals surface area contributed by atoms with Crippen molar-refractivity contribution in [3.05, 3.63) is 0 Å². The number of nitrogens with two attached hydrogens (primary N) is 1. The molecule has 0 aromatic heterocycles. The fraction of sp³-hybridized carbons (Fsp3) is 0.882. The quantitative estimate of drug-likeness (QED) is 0.767. The fourth-order valence-corrected chi connectivity index (χ4v) is 2.89. The van der Waals surface area contributed by atoms with E-state index in [1.165, 1.54) is 44.9 Å². The summed E-state index contributed by atoms with van der Waals surface area (Å²) in [5.74, 6) is -0.0129. The SMILES string of the molecule is NC(=O)C1CCCCCCCCCCC=NCCCC1. The molecule has 1 aliphatic rings. The highest BCUT2D eigenvalue weighted by Gasteiger charge is 2.14. The zero-order valence-corrected chi connectivity index (χ0v) is 13.0. The second kappa shape index (κ2) is 11.9. The number of rotatable bonds is 1. The summed E-state index contributed by atoms with van der Waals surface area (Å²) in [6.45, 7) is 0.908. The van der Waals surface area contributed by atoms with Gasteiger partial charge in [0.15, 0.2) is 0 Å². The van der Waals surface area contributed by atoms with Gasteiger partial charge in [-0.1, -0.05) is 51.4 Å². The first-order valence-corrected chi connectivity index (χ1v) is 8.58. The Hall–Kier alpha value is -0.860. The number of nitrogens with zero attached hydrogens (tertiary/aromatic N) is 1. The number of carbonyl (C=O) groups is 1. The van der Waals surface area contributed by atoms with Crippen LogP contribution >= 0.6 is 0 Å². The predicted octanol–water partition coefficient (Wildman–Crippen LogP) is 4.24. The van der Waals surface area contributed by atoms with Crippen molar-refractivity contribution in [2.75, 3.05) is 6.54 Å². The summed E-state index contributed by atoms with van der Waals surface area (Å²) in [4.78, 5) is 15.9. The Labute approximate surface area is 124 Å². The topological polar surface area (TPSA) is 55.5 Å². The molecule has 0 saturated heterocycles. The molecule has 0 aliphatic carbocycles. The van der Waals surface area contributed by atoms with Gasteiger partial charge in [-0.15, -0.1) is 0 Å². The molecule has 3 heteroatoms. The monoisotopic (exact) mass is 280 g/mol. The van der Waals surface area contributed by atoms with Crippen LogP contribution in [-0.4, -0.2) is 18.7 Å². The normalized spacial score (nSPS) is 24.9. The van der Waals surface area contributed by atoms with Crippen LogP contribution in [0.3, 0.4) is 0 Å². The molecule has 1 rings (SSSR count). The maximum Gasteiger partial charge on any atom is 0.220 e. The maximum absolute atomic E-state index is 11.4. The largest absolute Gasteiger partial charge is 0.369 e. The second-order valence-electron chi connectivity index (χ2n) is 6.09. The summed E-state index contributed by atoms with van der Waals surface area (Å²) in [6.07, 6.45) is 17.7. The minimum absolute atomic E-state index is 0.0923. The van der Waals surface area contributed by atoms with E-state index in [2.05, 4.69) is 11.2 Å². The number of carbonyl (C=O) groups excluding carboxylic acids is 1. The number of aliphatic imine (C=N–C) groups is 1. The lowest BCUT2D eigenvalue weighted by Crippen LogP contribution is -2.23. The summed E-state index contributed by atoms with van der Waals surface area (Å²) in [7, 11) is 0. The Morgan fingerprint density at radius 1 is 0.850 bits per heavy atom. The van der Waals surface area contributed by atoms with E-state index in [9.17, 15) is 4.79 Å². The van der Waals surface area contributed by atoms with E-state index < -0.39 is 0 Å². The molecule has 0 saturated carbocycles. The van der Waals surface area contributed by atoms with E-state index in [0.29, 0.717) is 0 Å². The number of hydrogen-bond acceptors (Lipinski definition) is 2. The standard InChI is InChI=1S/C17H32N2O/c18-17(20)16-12-8-6-4-2-1-3-5-7-10-14-19-15-11-9-13-16/h14,16H,1-13,15H2,(H2,18,20). The van der Waals surface area contributed by atoms with Gasteiger partial charge in [-0.2, -0.15) is 0 Å². The van der Waals surface area contributed by atoms with Gasteiger partial charge in [0, 0.05) is 12.5 Å². The van der Waals surface area contributed by atoms with E-state index in [4.69, 9.17) is 5.73 Å². The van der Waals surface area contributed by atoms with Gasteiger partial charge in [-0.3, -0.25) is 9.79 Å². The minimum atomic E-state index is -0.105. The summed E-state index contributed by atoms with van der Waals surface area (Å²) < 4.78 is 0. The van der Waals surface area contributed by atoms with Gasteiger partial charge in [-0.05, 0) is 38.3 Å². The number of hydrogen-bond donors (Lipinski definition) is 1. The van der Waals surface area contributed by atoms with E-state index in [1.54, 1.807) is 0 Å². The molecule has 0 spiro atoms. The van der Waals surface area contributed by atoms with Gasteiger partial charge in [0.1, 0.15) is 0 Å². The molecule has 20 heavy (non-hydrogen) atoms. The van der Waals surface area contributed by atoms with Crippen molar-refractivity contribution in [3.8, 4) is 0 Å². The van der Waals surface area contributed by atoms with Crippen LogP contribution in [0.1, 0.15) is 83.5 Å². The molecule has 0 aromatic carbocycles. The van der Waals surface area contributed by atoms with Gasteiger partial charge in [0.2, 0.25) is 5.91 Å². The molecule has 1 unspecified atom stereocenters. The van der Waals surface area contributed by atoms with Gasteiger partial charge in [-0.25, -0.2) is 0 Å². The van der Waals surface area contributed by atoms with Gasteiger partial charge in [0.05, 0.1) is 0 Å². The second-order valence-corrected chi connectivity index (χ2v) is 6.09. The third-order valence-electron chi connectivity index (χ3n) is 4.26. The van der Waals surface area contributed by atoms with Crippen molar-refractivity contribution in [1.82, 2.24) is 0 Å². The summed E-state index contributed by atoms with van der Waals surface area (Å²) in [5.41, 5.74) is 5.50. The van der Waals surface area contributed by atoms with Gasteiger partial charge < -0.3 is 5.73 Å². The van der Waals surface area contributed by atoms with E-state index >= 15 is 0 Å². The first-order chi connectivity index (χ1) is 9.80. The Bertz CT molecular complexity index is 276. The van der Waals surface area contributed by atoms with E-state index in [-0.39, 0.29) is 11.8 Å². The smallest absolute Gasteiger partial charge is 0.220 e. The summed E-state index contributed by atoms with van der Waals surface area (Å²) in [6, 6.07) is 0. The zero-order valence-electron chi connectivity index (χ0n) is 13.0. The molecular weight excluding hydrogens is 248 g/mol. The Balaban J connectivity index is 2.30. The Morgan fingerprint density at radius 3 is 2.05 bits per heavy atom. The van der Waals surface area contributed by atoms with Crippen LogP contribution in [-0.2, 0) is 4.79 Å². The highest BCUT2D eigenvalue weighted by Crippen LogP contribution is 2.18. The van der Waals surface area contributed by atoms with Crippen LogP contribution in [0.5, 0.6) is 0 Å².